The van der Waals surface area contributed by atoms with Gasteiger partial charge >= 0.3 is 0 Å². The van der Waals surface area contributed by atoms with E-state index in [0.717, 1.165) is 42.0 Å². The van der Waals surface area contributed by atoms with Crippen LogP contribution in [0, 0.1) is 0 Å². The molecule has 5 heteroatoms. The third kappa shape index (κ3) is 3.27. The molecule has 0 amide bonds. The molecule has 0 N–H and O–H groups in total. The molecule has 110 valence electrons. The Kier molecular flexibility index (Phi) is 4.25. The Balaban J connectivity index is 1.98. The minimum atomic E-state index is 0.468. The second-order valence-corrected chi connectivity index (χ2v) is 5.35. The summed E-state index contributed by atoms with van der Waals surface area (Å²) < 4.78 is 11.3. The molecule has 0 spiro atoms. The van der Waals surface area contributed by atoms with E-state index in [1.54, 1.807) is 0 Å². The van der Waals surface area contributed by atoms with Crippen molar-refractivity contribution in [1.29, 1.82) is 0 Å². The van der Waals surface area contributed by atoms with Crippen molar-refractivity contribution in [3.63, 3.8) is 0 Å². The zero-order valence-electron chi connectivity index (χ0n) is 11.9. The predicted molar refractivity (Wildman–Crippen MR) is 82.1 cm³/mol. The van der Waals surface area contributed by atoms with Gasteiger partial charge in [-0.15, -0.1) is 0 Å². The second-order valence-electron chi connectivity index (χ2n) is 4.97. The Morgan fingerprint density at radius 2 is 1.90 bits per heavy atom. The smallest absolute Gasteiger partial charge is 0.161 e. The molecule has 0 radical (unpaired) electrons. The van der Waals surface area contributed by atoms with Gasteiger partial charge in [0.1, 0.15) is 5.15 Å². The molecule has 2 aromatic rings. The van der Waals surface area contributed by atoms with Crippen molar-refractivity contribution < 1.29 is 9.47 Å². The lowest BCUT2D eigenvalue weighted by Crippen LogP contribution is -1.98. The molecule has 0 unspecified atom stereocenters. The molecule has 4 nitrogen and oxygen atoms in total. The molecular formula is C16H17ClN2O2. The summed E-state index contributed by atoms with van der Waals surface area (Å²) in [4.78, 5) is 8.89. The lowest BCUT2D eigenvalue weighted by molar-refractivity contribution is 0.297. The van der Waals surface area contributed by atoms with Gasteiger partial charge in [0.2, 0.25) is 0 Å². The summed E-state index contributed by atoms with van der Waals surface area (Å²) in [5.41, 5.74) is 1.85. The van der Waals surface area contributed by atoms with Crippen molar-refractivity contribution in [2.24, 2.45) is 0 Å². The number of fused-ring (bicyclic) bond motifs is 1. The standard InChI is InChI=1S/C16H17ClN2O2/c1-2-4-12-10-15(17)19-16(18-12)11-5-6-13-14(9-11)21-8-3-7-20-13/h5-6,9-10H,2-4,7-8H2,1H3. The highest BCUT2D eigenvalue weighted by molar-refractivity contribution is 6.29. The van der Waals surface area contributed by atoms with Gasteiger partial charge in [-0.2, -0.15) is 0 Å². The molecule has 0 bridgehead atoms. The monoisotopic (exact) mass is 304 g/mol. The Bertz CT molecular complexity index is 646. The van der Waals surface area contributed by atoms with Crippen molar-refractivity contribution in [2.75, 3.05) is 13.2 Å². The second kappa shape index (κ2) is 6.31. The van der Waals surface area contributed by atoms with Gasteiger partial charge in [-0.3, -0.25) is 0 Å². The summed E-state index contributed by atoms with van der Waals surface area (Å²) in [7, 11) is 0. The molecule has 0 aliphatic carbocycles. The predicted octanol–water partition coefficient (Wildman–Crippen LogP) is 3.91. The molecule has 21 heavy (non-hydrogen) atoms. The molecule has 2 heterocycles. The number of aryl methyl sites for hydroxylation is 1. The molecule has 0 saturated heterocycles. The van der Waals surface area contributed by atoms with Crippen LogP contribution in [0.5, 0.6) is 11.5 Å². The van der Waals surface area contributed by atoms with E-state index in [1.807, 2.05) is 24.3 Å². The van der Waals surface area contributed by atoms with Gasteiger partial charge in [0.25, 0.3) is 0 Å². The van der Waals surface area contributed by atoms with Crippen LogP contribution in [0.4, 0.5) is 0 Å². The van der Waals surface area contributed by atoms with E-state index >= 15 is 0 Å². The Morgan fingerprint density at radius 3 is 2.71 bits per heavy atom. The number of halogens is 1. The van der Waals surface area contributed by atoms with Crippen molar-refractivity contribution in [1.82, 2.24) is 9.97 Å². The Labute approximate surface area is 129 Å². The van der Waals surface area contributed by atoms with Gasteiger partial charge in [-0.05, 0) is 30.7 Å². The maximum Gasteiger partial charge on any atom is 0.161 e. The molecule has 1 aliphatic heterocycles. The van der Waals surface area contributed by atoms with Crippen LogP contribution in [0.25, 0.3) is 11.4 Å². The first-order valence-electron chi connectivity index (χ1n) is 7.20. The fourth-order valence-corrected chi connectivity index (χ4v) is 2.49. The minimum Gasteiger partial charge on any atom is -0.490 e. The quantitative estimate of drug-likeness (QED) is 0.806. The summed E-state index contributed by atoms with van der Waals surface area (Å²) in [5, 5.41) is 0.468. The zero-order chi connectivity index (χ0) is 14.7. The van der Waals surface area contributed by atoms with E-state index in [2.05, 4.69) is 16.9 Å². The van der Waals surface area contributed by atoms with Gasteiger partial charge in [-0.25, -0.2) is 9.97 Å². The van der Waals surface area contributed by atoms with Crippen LogP contribution in [0.3, 0.4) is 0 Å². The van der Waals surface area contributed by atoms with E-state index in [1.165, 1.54) is 0 Å². The number of hydrogen-bond acceptors (Lipinski definition) is 4. The number of nitrogens with zero attached hydrogens (tertiary/aromatic N) is 2. The van der Waals surface area contributed by atoms with E-state index in [-0.39, 0.29) is 0 Å². The van der Waals surface area contributed by atoms with Crippen LogP contribution in [-0.2, 0) is 6.42 Å². The Hall–Kier alpha value is -1.81. The number of aromatic nitrogens is 2. The summed E-state index contributed by atoms with van der Waals surface area (Å²) >= 11 is 6.10. The van der Waals surface area contributed by atoms with Crippen LogP contribution >= 0.6 is 11.6 Å². The fraction of sp³-hybridized carbons (Fsp3) is 0.375. The van der Waals surface area contributed by atoms with Gasteiger partial charge in [0, 0.05) is 17.7 Å². The number of ether oxygens (including phenoxy) is 2. The number of hydrogen-bond donors (Lipinski definition) is 0. The van der Waals surface area contributed by atoms with Crippen molar-refractivity contribution in [2.45, 2.75) is 26.2 Å². The maximum atomic E-state index is 6.10. The lowest BCUT2D eigenvalue weighted by atomic mass is 10.1. The van der Waals surface area contributed by atoms with E-state index in [0.29, 0.717) is 24.2 Å². The first-order chi connectivity index (χ1) is 10.3. The first-order valence-corrected chi connectivity index (χ1v) is 7.57. The molecule has 0 atom stereocenters. The summed E-state index contributed by atoms with van der Waals surface area (Å²) in [6.45, 7) is 3.46. The highest BCUT2D eigenvalue weighted by atomic mass is 35.5. The minimum absolute atomic E-state index is 0.468. The normalized spacial score (nSPS) is 13.8. The van der Waals surface area contributed by atoms with Crippen LogP contribution in [0.15, 0.2) is 24.3 Å². The molecular weight excluding hydrogens is 288 g/mol. The van der Waals surface area contributed by atoms with Crippen molar-refractivity contribution >= 4 is 11.6 Å². The van der Waals surface area contributed by atoms with Crippen LogP contribution in [-0.4, -0.2) is 23.2 Å². The molecule has 0 saturated carbocycles. The van der Waals surface area contributed by atoms with Crippen LogP contribution in [0.2, 0.25) is 5.15 Å². The summed E-state index contributed by atoms with van der Waals surface area (Å²) in [6.07, 6.45) is 2.80. The average molecular weight is 305 g/mol. The summed E-state index contributed by atoms with van der Waals surface area (Å²) in [6, 6.07) is 7.58. The number of benzene rings is 1. The average Bonchev–Trinajstić information content (AvgIpc) is 2.71. The van der Waals surface area contributed by atoms with Crippen LogP contribution < -0.4 is 9.47 Å². The fourth-order valence-electron chi connectivity index (χ4n) is 2.28. The highest BCUT2D eigenvalue weighted by Crippen LogP contribution is 2.33. The Morgan fingerprint density at radius 1 is 1.10 bits per heavy atom. The third-order valence-corrected chi connectivity index (χ3v) is 3.45. The largest absolute Gasteiger partial charge is 0.490 e. The summed E-state index contributed by atoms with van der Waals surface area (Å²) in [5.74, 6) is 2.14. The van der Waals surface area contributed by atoms with Crippen molar-refractivity contribution in [3.8, 4) is 22.9 Å². The van der Waals surface area contributed by atoms with Gasteiger partial charge in [0.15, 0.2) is 17.3 Å². The van der Waals surface area contributed by atoms with Crippen molar-refractivity contribution in [3.05, 3.63) is 35.1 Å². The molecule has 1 aromatic carbocycles. The van der Waals surface area contributed by atoms with Gasteiger partial charge in [0.05, 0.1) is 13.2 Å². The first kappa shape index (κ1) is 14.1. The lowest BCUT2D eigenvalue weighted by Gasteiger charge is -2.09. The van der Waals surface area contributed by atoms with Gasteiger partial charge < -0.3 is 9.47 Å². The van der Waals surface area contributed by atoms with E-state index in [4.69, 9.17) is 21.1 Å². The van der Waals surface area contributed by atoms with Gasteiger partial charge in [-0.1, -0.05) is 24.9 Å². The highest BCUT2D eigenvalue weighted by Gasteiger charge is 2.13. The van der Waals surface area contributed by atoms with Crippen LogP contribution in [0.1, 0.15) is 25.5 Å². The zero-order valence-corrected chi connectivity index (χ0v) is 12.7. The molecule has 1 aliphatic rings. The maximum absolute atomic E-state index is 6.10. The molecule has 0 fully saturated rings. The molecule has 1 aromatic heterocycles. The molecule has 3 rings (SSSR count). The van der Waals surface area contributed by atoms with E-state index in [9.17, 15) is 0 Å². The number of rotatable bonds is 3. The third-order valence-electron chi connectivity index (χ3n) is 3.26. The SMILES string of the molecule is CCCc1cc(Cl)nc(-c2ccc3c(c2)OCCCO3)n1. The topological polar surface area (TPSA) is 44.2 Å². The van der Waals surface area contributed by atoms with E-state index < -0.39 is 0 Å².